The van der Waals surface area contributed by atoms with Crippen LogP contribution in [0.1, 0.15) is 12.8 Å². The lowest BCUT2D eigenvalue weighted by Gasteiger charge is -2.47. The number of fused-ring (bicyclic) bond motifs is 1. The lowest BCUT2D eigenvalue weighted by Crippen LogP contribution is -2.58. The van der Waals surface area contributed by atoms with Crippen LogP contribution in [0.2, 0.25) is 0 Å². The van der Waals surface area contributed by atoms with Crippen LogP contribution in [0.25, 0.3) is 10.9 Å². The molecule has 0 amide bonds. The average Bonchev–Trinajstić information content (AvgIpc) is 2.42. The van der Waals surface area contributed by atoms with Gasteiger partial charge in [0.05, 0.1) is 22.8 Å². The van der Waals surface area contributed by atoms with Crippen molar-refractivity contribution >= 4 is 32.5 Å². The van der Waals surface area contributed by atoms with E-state index in [0.717, 1.165) is 33.9 Å². The molecule has 0 aliphatic heterocycles. The van der Waals surface area contributed by atoms with E-state index in [0.29, 0.717) is 12.6 Å². The number of methoxy groups -OCH3 is 1. The first-order chi connectivity index (χ1) is 9.65. The average molecular weight is 336 g/mol. The zero-order valence-corrected chi connectivity index (χ0v) is 13.0. The van der Waals surface area contributed by atoms with Crippen LogP contribution in [0.4, 0.5) is 5.69 Å². The Morgan fingerprint density at radius 3 is 3.00 bits per heavy atom. The number of hydrogen-bond donors (Lipinski definition) is 2. The molecule has 0 radical (unpaired) electrons. The molecule has 0 atom stereocenters. The molecule has 106 valence electrons. The van der Waals surface area contributed by atoms with Crippen LogP contribution in [0.5, 0.6) is 0 Å². The number of hydrogen-bond acceptors (Lipinski definition) is 4. The van der Waals surface area contributed by atoms with Gasteiger partial charge >= 0.3 is 0 Å². The summed E-state index contributed by atoms with van der Waals surface area (Å²) >= 11 is 3.45. The summed E-state index contributed by atoms with van der Waals surface area (Å²) in [4.78, 5) is 4.52. The Labute approximate surface area is 126 Å². The van der Waals surface area contributed by atoms with Gasteiger partial charge in [0.2, 0.25) is 0 Å². The minimum Gasteiger partial charge on any atom is -0.381 e. The topological polar surface area (TPSA) is 60.2 Å². The largest absolute Gasteiger partial charge is 0.381 e. The number of rotatable bonds is 4. The molecule has 20 heavy (non-hydrogen) atoms. The zero-order valence-electron chi connectivity index (χ0n) is 11.4. The van der Waals surface area contributed by atoms with Gasteiger partial charge in [-0.15, -0.1) is 0 Å². The van der Waals surface area contributed by atoms with Crippen LogP contribution in [0.15, 0.2) is 34.9 Å². The van der Waals surface area contributed by atoms with Gasteiger partial charge < -0.3 is 15.8 Å². The normalized spacial score (nSPS) is 25.4. The highest BCUT2D eigenvalue weighted by atomic mass is 79.9. The summed E-state index contributed by atoms with van der Waals surface area (Å²) < 4.78 is 6.35. The molecule has 1 heterocycles. The van der Waals surface area contributed by atoms with E-state index >= 15 is 0 Å². The minimum absolute atomic E-state index is 0.0658. The molecule has 1 aromatic carbocycles. The fourth-order valence-electron chi connectivity index (χ4n) is 2.82. The number of para-hydroxylation sites is 1. The van der Waals surface area contributed by atoms with Crippen LogP contribution >= 0.6 is 15.9 Å². The first-order valence-electron chi connectivity index (χ1n) is 6.71. The number of ether oxygens (including phenoxy) is 1. The van der Waals surface area contributed by atoms with Gasteiger partial charge in [-0.2, -0.15) is 0 Å². The van der Waals surface area contributed by atoms with Gasteiger partial charge in [0, 0.05) is 29.7 Å². The third kappa shape index (κ3) is 2.41. The molecule has 1 fully saturated rings. The summed E-state index contributed by atoms with van der Waals surface area (Å²) in [5.74, 6) is 0. The Kier molecular flexibility index (Phi) is 3.67. The monoisotopic (exact) mass is 335 g/mol. The third-order valence-corrected chi connectivity index (χ3v) is 4.47. The highest BCUT2D eigenvalue weighted by Gasteiger charge is 2.43. The van der Waals surface area contributed by atoms with Gasteiger partial charge in [-0.1, -0.05) is 12.1 Å². The zero-order chi connectivity index (χ0) is 14.2. The van der Waals surface area contributed by atoms with Crippen molar-refractivity contribution in [2.24, 2.45) is 5.73 Å². The molecule has 1 saturated carbocycles. The van der Waals surface area contributed by atoms with E-state index in [1.807, 2.05) is 12.3 Å². The van der Waals surface area contributed by atoms with E-state index in [4.69, 9.17) is 10.5 Å². The maximum Gasteiger partial charge on any atom is 0.0934 e. The van der Waals surface area contributed by atoms with Crippen LogP contribution in [0.3, 0.4) is 0 Å². The smallest absolute Gasteiger partial charge is 0.0934 e. The number of halogens is 1. The maximum atomic E-state index is 5.96. The number of anilines is 1. The molecule has 3 N–H and O–H groups in total. The van der Waals surface area contributed by atoms with Gasteiger partial charge in [-0.3, -0.25) is 4.98 Å². The number of benzene rings is 1. The Balaban J connectivity index is 1.91. The van der Waals surface area contributed by atoms with E-state index in [1.165, 1.54) is 0 Å². The molecule has 0 unspecified atom stereocenters. The fraction of sp³-hybridized carbons (Fsp3) is 0.400. The van der Waals surface area contributed by atoms with Crippen LogP contribution in [-0.4, -0.2) is 30.3 Å². The van der Waals surface area contributed by atoms with Crippen molar-refractivity contribution in [3.63, 3.8) is 0 Å². The second-order valence-corrected chi connectivity index (χ2v) is 6.32. The van der Waals surface area contributed by atoms with Gasteiger partial charge in [-0.25, -0.2) is 0 Å². The number of nitrogens with one attached hydrogen (secondary N) is 1. The van der Waals surface area contributed by atoms with E-state index in [1.54, 1.807) is 7.11 Å². The highest BCUT2D eigenvalue weighted by molar-refractivity contribution is 9.10. The van der Waals surface area contributed by atoms with Crippen molar-refractivity contribution < 1.29 is 4.74 Å². The molecule has 5 heteroatoms. The molecule has 1 aliphatic rings. The summed E-state index contributed by atoms with van der Waals surface area (Å²) in [5.41, 5.74) is 7.90. The summed E-state index contributed by atoms with van der Waals surface area (Å²) in [7, 11) is 1.75. The molecular weight excluding hydrogens is 318 g/mol. The Bertz CT molecular complexity index is 626. The summed E-state index contributed by atoms with van der Waals surface area (Å²) in [6.45, 7) is 0.597. The Hall–Kier alpha value is -1.17. The highest BCUT2D eigenvalue weighted by Crippen LogP contribution is 2.38. The Morgan fingerprint density at radius 2 is 2.30 bits per heavy atom. The van der Waals surface area contributed by atoms with Gasteiger partial charge in [0.15, 0.2) is 0 Å². The molecule has 0 saturated heterocycles. The molecule has 2 aromatic rings. The molecule has 1 aliphatic carbocycles. The van der Waals surface area contributed by atoms with E-state index in [-0.39, 0.29) is 5.54 Å². The van der Waals surface area contributed by atoms with Crippen molar-refractivity contribution in [1.29, 1.82) is 0 Å². The quantitative estimate of drug-likeness (QED) is 0.901. The van der Waals surface area contributed by atoms with Crippen LogP contribution < -0.4 is 11.1 Å². The van der Waals surface area contributed by atoms with Gasteiger partial charge in [0.25, 0.3) is 0 Å². The van der Waals surface area contributed by atoms with Crippen molar-refractivity contribution in [1.82, 2.24) is 4.98 Å². The number of aromatic nitrogens is 1. The number of nitrogens with two attached hydrogens (primary N) is 1. The van der Waals surface area contributed by atoms with Crippen LogP contribution in [-0.2, 0) is 4.74 Å². The van der Waals surface area contributed by atoms with E-state index in [9.17, 15) is 0 Å². The minimum atomic E-state index is -0.0658. The molecule has 0 spiro atoms. The van der Waals surface area contributed by atoms with Crippen molar-refractivity contribution in [2.45, 2.75) is 24.5 Å². The lowest BCUT2D eigenvalue weighted by atomic mass is 9.74. The molecule has 1 aromatic heterocycles. The first kappa shape index (κ1) is 13.8. The van der Waals surface area contributed by atoms with Crippen LogP contribution in [0, 0.1) is 0 Å². The van der Waals surface area contributed by atoms with Crippen molar-refractivity contribution in [2.75, 3.05) is 19.0 Å². The molecule has 0 bridgehead atoms. The van der Waals surface area contributed by atoms with E-state index < -0.39 is 0 Å². The predicted octanol–water partition coefficient (Wildman–Crippen LogP) is 2.92. The van der Waals surface area contributed by atoms with E-state index in [2.05, 4.69) is 44.4 Å². The third-order valence-electron chi connectivity index (χ3n) is 4.04. The fourth-order valence-corrected chi connectivity index (χ4v) is 3.17. The van der Waals surface area contributed by atoms with Crippen molar-refractivity contribution in [3.8, 4) is 0 Å². The molecule has 4 nitrogen and oxygen atoms in total. The maximum absolute atomic E-state index is 5.96. The van der Waals surface area contributed by atoms with Gasteiger partial charge in [0.1, 0.15) is 0 Å². The second kappa shape index (κ2) is 5.31. The molecular formula is C15H18BrN3O. The second-order valence-electron chi connectivity index (χ2n) is 5.41. The number of nitrogens with zero attached hydrogens (tertiary/aromatic N) is 1. The Morgan fingerprint density at radius 1 is 1.50 bits per heavy atom. The van der Waals surface area contributed by atoms with Gasteiger partial charge in [-0.05, 0) is 40.9 Å². The lowest BCUT2D eigenvalue weighted by molar-refractivity contribution is -0.00240. The van der Waals surface area contributed by atoms with Crippen molar-refractivity contribution in [3.05, 3.63) is 34.9 Å². The first-order valence-corrected chi connectivity index (χ1v) is 7.50. The standard InChI is InChI=1S/C15H18BrN3O/c1-20-12-6-15(7-12,9-17)19-13-4-2-3-10-5-11(16)8-18-14(10)13/h2-5,8,12,19H,6-7,9,17H2,1H3. The predicted molar refractivity (Wildman–Crippen MR) is 84.9 cm³/mol. The summed E-state index contributed by atoms with van der Waals surface area (Å²) in [5, 5.41) is 4.70. The SMILES string of the molecule is COC1CC(CN)(Nc2cccc3cc(Br)cnc23)C1. The summed E-state index contributed by atoms with van der Waals surface area (Å²) in [6, 6.07) is 8.23. The summed E-state index contributed by atoms with van der Waals surface area (Å²) in [6.07, 6.45) is 4.00. The number of pyridine rings is 1. The molecule has 3 rings (SSSR count).